The molecule has 0 fully saturated rings. The van der Waals surface area contributed by atoms with Crippen LogP contribution < -0.4 is 5.73 Å². The molecule has 0 radical (unpaired) electrons. The van der Waals surface area contributed by atoms with E-state index in [2.05, 4.69) is 0 Å². The standard InChI is InChI=1S/C6H7BN2/c8-6(9)5-2-1-3-7-4-5/h1-4H,(H3,8,9). The Morgan fingerprint density at radius 1 is 1.67 bits per heavy atom. The van der Waals surface area contributed by atoms with Crippen LogP contribution in [0.5, 0.6) is 0 Å². The van der Waals surface area contributed by atoms with Crippen LogP contribution in [0.25, 0.3) is 0 Å². The average Bonchev–Trinajstić information content (AvgIpc) is 1.90. The zero-order valence-corrected chi connectivity index (χ0v) is 4.96. The fourth-order valence-corrected chi connectivity index (χ4v) is 0.618. The second kappa shape index (κ2) is 2.44. The minimum absolute atomic E-state index is 0.121. The van der Waals surface area contributed by atoms with Gasteiger partial charge in [0.05, 0.1) is 0 Å². The van der Waals surface area contributed by atoms with Crippen LogP contribution in [0.15, 0.2) is 24.1 Å². The Bertz CT molecular complexity index is 208. The number of hydrogen-bond donors (Lipinski definition) is 2. The molecule has 3 heteroatoms. The fraction of sp³-hybridized carbons (Fsp3) is 0. The SMILES string of the molecule is N=C(N)c1cbccc1. The first kappa shape index (κ1) is 6.01. The van der Waals surface area contributed by atoms with Crippen LogP contribution in [-0.2, 0) is 0 Å². The van der Waals surface area contributed by atoms with Gasteiger partial charge in [-0.05, 0) is 0 Å². The van der Waals surface area contributed by atoms with Crippen molar-refractivity contribution in [3.8, 4) is 0 Å². The van der Waals surface area contributed by atoms with Gasteiger partial charge in [0.15, 0.2) is 0 Å². The van der Waals surface area contributed by atoms with Gasteiger partial charge in [0.2, 0.25) is 0 Å². The summed E-state index contributed by atoms with van der Waals surface area (Å²) in [6.45, 7) is 1.86. The predicted molar refractivity (Wildman–Crippen MR) is 38.8 cm³/mol. The summed E-state index contributed by atoms with van der Waals surface area (Å²) in [4.78, 5) is 0. The van der Waals surface area contributed by atoms with Crippen molar-refractivity contribution in [3.05, 3.63) is 29.6 Å². The zero-order valence-electron chi connectivity index (χ0n) is 4.96. The second-order valence-electron chi connectivity index (χ2n) is 1.78. The summed E-state index contributed by atoms with van der Waals surface area (Å²) in [6, 6.07) is 3.67. The molecular weight excluding hydrogens is 111 g/mol. The van der Waals surface area contributed by atoms with Crippen molar-refractivity contribution in [2.75, 3.05) is 0 Å². The van der Waals surface area contributed by atoms with Crippen LogP contribution in [0.2, 0.25) is 0 Å². The van der Waals surface area contributed by atoms with Crippen molar-refractivity contribution in [1.29, 1.82) is 5.41 Å². The van der Waals surface area contributed by atoms with Crippen molar-refractivity contribution in [2.45, 2.75) is 0 Å². The van der Waals surface area contributed by atoms with Gasteiger partial charge in [-0.2, -0.15) is 0 Å². The molecule has 0 saturated heterocycles. The Morgan fingerprint density at radius 2 is 2.44 bits per heavy atom. The molecule has 0 bridgehead atoms. The zero-order chi connectivity index (χ0) is 6.69. The summed E-state index contributed by atoms with van der Waals surface area (Å²) < 4.78 is 0. The normalized spacial score (nSPS) is 8.44. The molecule has 0 spiro atoms. The van der Waals surface area contributed by atoms with Gasteiger partial charge in [0.1, 0.15) is 0 Å². The average molecular weight is 118 g/mol. The van der Waals surface area contributed by atoms with Crippen LogP contribution in [0.3, 0.4) is 0 Å². The first-order valence-electron chi connectivity index (χ1n) is 2.70. The van der Waals surface area contributed by atoms with E-state index in [0.29, 0.717) is 0 Å². The third kappa shape index (κ3) is 1.39. The molecule has 0 amide bonds. The summed E-state index contributed by atoms with van der Waals surface area (Å²) in [6.07, 6.45) is 0. The van der Waals surface area contributed by atoms with E-state index in [1.807, 2.05) is 31.0 Å². The first-order chi connectivity index (χ1) is 4.30. The molecule has 1 aromatic rings. The molecule has 0 saturated carbocycles. The molecule has 0 unspecified atom stereocenters. The molecular formula is C6H7BN2. The van der Waals surface area contributed by atoms with Gasteiger partial charge in [-0.25, -0.2) is 0 Å². The van der Waals surface area contributed by atoms with E-state index >= 15 is 0 Å². The Hall–Kier alpha value is -1.12. The Morgan fingerprint density at radius 3 is 2.78 bits per heavy atom. The molecule has 0 aliphatic carbocycles. The maximum atomic E-state index is 7.01. The molecule has 0 atom stereocenters. The van der Waals surface area contributed by atoms with E-state index in [1.54, 1.807) is 0 Å². The first-order valence-corrected chi connectivity index (χ1v) is 2.70. The molecule has 1 heterocycles. The van der Waals surface area contributed by atoms with E-state index in [9.17, 15) is 0 Å². The minimum atomic E-state index is 0.121. The Kier molecular flexibility index (Phi) is 1.63. The van der Waals surface area contributed by atoms with E-state index in [0.717, 1.165) is 5.56 Å². The van der Waals surface area contributed by atoms with Gasteiger partial charge < -0.3 is 0 Å². The van der Waals surface area contributed by atoms with Crippen molar-refractivity contribution >= 4 is 12.7 Å². The summed E-state index contributed by atoms with van der Waals surface area (Å²) in [7, 11) is 0. The third-order valence-electron chi connectivity index (χ3n) is 1.08. The van der Waals surface area contributed by atoms with Gasteiger partial charge in [-0.3, -0.25) is 0 Å². The predicted octanol–water partition coefficient (Wildman–Crippen LogP) is 0.309. The van der Waals surface area contributed by atoms with E-state index in [1.165, 1.54) is 0 Å². The molecule has 0 aliphatic rings. The summed E-state index contributed by atoms with van der Waals surface area (Å²) in [5, 5.41) is 7.01. The number of nitrogen functional groups attached to an aromatic ring is 1. The number of amidine groups is 1. The van der Waals surface area contributed by atoms with Gasteiger partial charge in [0.25, 0.3) is 0 Å². The molecule has 1 aromatic heterocycles. The summed E-state index contributed by atoms with van der Waals surface area (Å²) in [5.41, 5.74) is 5.97. The molecule has 3 N–H and O–H groups in total. The van der Waals surface area contributed by atoms with Crippen molar-refractivity contribution < 1.29 is 0 Å². The Balaban J connectivity index is 2.98. The van der Waals surface area contributed by atoms with E-state index in [4.69, 9.17) is 11.1 Å². The van der Waals surface area contributed by atoms with Crippen molar-refractivity contribution in [2.24, 2.45) is 5.73 Å². The van der Waals surface area contributed by atoms with E-state index < -0.39 is 0 Å². The molecule has 0 aromatic carbocycles. The number of nitrogens with one attached hydrogen (secondary N) is 1. The summed E-state index contributed by atoms with van der Waals surface area (Å²) in [5.74, 6) is 3.82. The molecule has 44 valence electrons. The quantitative estimate of drug-likeness (QED) is 0.404. The van der Waals surface area contributed by atoms with Gasteiger partial charge in [0, 0.05) is 0 Å². The van der Waals surface area contributed by atoms with Crippen LogP contribution in [0, 0.1) is 5.41 Å². The van der Waals surface area contributed by atoms with Crippen molar-refractivity contribution in [3.63, 3.8) is 0 Å². The second-order valence-corrected chi connectivity index (χ2v) is 1.78. The maximum absolute atomic E-state index is 7.01. The van der Waals surface area contributed by atoms with Gasteiger partial charge >= 0.3 is 53.5 Å². The van der Waals surface area contributed by atoms with E-state index in [-0.39, 0.29) is 5.84 Å². The number of rotatable bonds is 1. The number of hydrogen-bond acceptors (Lipinski definition) is 1. The van der Waals surface area contributed by atoms with Gasteiger partial charge in [-0.15, -0.1) is 0 Å². The molecule has 9 heavy (non-hydrogen) atoms. The van der Waals surface area contributed by atoms with Crippen LogP contribution in [-0.4, -0.2) is 12.7 Å². The summed E-state index contributed by atoms with van der Waals surface area (Å²) >= 11 is 0. The number of nitrogens with two attached hydrogens (primary N) is 1. The molecule has 2 nitrogen and oxygen atoms in total. The van der Waals surface area contributed by atoms with Crippen LogP contribution >= 0.6 is 0 Å². The van der Waals surface area contributed by atoms with Gasteiger partial charge in [-0.1, -0.05) is 0 Å². The van der Waals surface area contributed by atoms with Crippen LogP contribution in [0.1, 0.15) is 5.56 Å². The monoisotopic (exact) mass is 118 g/mol. The topological polar surface area (TPSA) is 49.9 Å². The van der Waals surface area contributed by atoms with Crippen LogP contribution in [0.4, 0.5) is 0 Å². The Labute approximate surface area is 54.4 Å². The fourth-order valence-electron chi connectivity index (χ4n) is 0.618. The third-order valence-corrected chi connectivity index (χ3v) is 1.08. The van der Waals surface area contributed by atoms with Crippen molar-refractivity contribution in [1.82, 2.24) is 0 Å². The molecule has 0 aliphatic heterocycles. The molecule has 1 rings (SSSR count).